The summed E-state index contributed by atoms with van der Waals surface area (Å²) >= 11 is 2.08. The third-order valence-electron chi connectivity index (χ3n) is 4.10. The highest BCUT2D eigenvalue weighted by Gasteiger charge is 2.27. The van der Waals surface area contributed by atoms with E-state index < -0.39 is 0 Å². The Labute approximate surface area is 127 Å². The number of aromatic nitrogens is 1. The van der Waals surface area contributed by atoms with Crippen LogP contribution in [0.1, 0.15) is 25.1 Å². The van der Waals surface area contributed by atoms with Gasteiger partial charge in [-0.05, 0) is 31.6 Å². The molecule has 0 aliphatic carbocycles. The largest absolute Gasteiger partial charge is 0.312 e. The van der Waals surface area contributed by atoms with Crippen molar-refractivity contribution in [1.29, 1.82) is 0 Å². The number of thioether (sulfide) groups is 1. The molecule has 1 fully saturated rings. The van der Waals surface area contributed by atoms with Gasteiger partial charge in [0.25, 0.3) is 0 Å². The molecular formula is C16H27N3S. The summed E-state index contributed by atoms with van der Waals surface area (Å²) in [5, 5.41) is 3.66. The molecule has 3 nitrogen and oxygen atoms in total. The molecule has 1 aliphatic heterocycles. The van der Waals surface area contributed by atoms with E-state index in [-0.39, 0.29) is 0 Å². The fourth-order valence-electron chi connectivity index (χ4n) is 2.75. The van der Waals surface area contributed by atoms with E-state index in [4.69, 9.17) is 0 Å². The molecule has 2 atom stereocenters. The predicted octanol–water partition coefficient (Wildman–Crippen LogP) is 2.21. The number of nitrogens with one attached hydrogen (secondary N) is 1. The summed E-state index contributed by atoms with van der Waals surface area (Å²) in [7, 11) is 2.25. The molecule has 20 heavy (non-hydrogen) atoms. The highest BCUT2D eigenvalue weighted by Crippen LogP contribution is 2.19. The number of aryl methyl sites for hydroxylation is 1. The second kappa shape index (κ2) is 8.01. The Bertz CT molecular complexity index is 393. The average Bonchev–Trinajstić information content (AvgIpc) is 2.48. The van der Waals surface area contributed by atoms with Crippen molar-refractivity contribution < 1.29 is 0 Å². The van der Waals surface area contributed by atoms with Crippen LogP contribution in [0.15, 0.2) is 18.3 Å². The van der Waals surface area contributed by atoms with Gasteiger partial charge in [-0.2, -0.15) is 11.8 Å². The van der Waals surface area contributed by atoms with E-state index in [9.17, 15) is 0 Å². The molecule has 2 rings (SSSR count). The minimum atomic E-state index is 0.498. The van der Waals surface area contributed by atoms with Crippen LogP contribution in [-0.4, -0.2) is 53.6 Å². The Kier molecular flexibility index (Phi) is 6.33. The summed E-state index contributed by atoms with van der Waals surface area (Å²) in [4.78, 5) is 7.13. The second-order valence-electron chi connectivity index (χ2n) is 5.50. The summed E-state index contributed by atoms with van der Waals surface area (Å²) in [6.07, 6.45) is 4.11. The lowest BCUT2D eigenvalue weighted by molar-refractivity contribution is 0.214. The second-order valence-corrected chi connectivity index (χ2v) is 6.65. The van der Waals surface area contributed by atoms with Gasteiger partial charge in [0.15, 0.2) is 0 Å². The first-order valence-corrected chi connectivity index (χ1v) is 8.85. The third-order valence-corrected chi connectivity index (χ3v) is 5.15. The molecule has 4 heteroatoms. The maximum atomic E-state index is 4.63. The Morgan fingerprint density at radius 3 is 2.90 bits per heavy atom. The first-order valence-electron chi connectivity index (χ1n) is 7.69. The Morgan fingerprint density at radius 1 is 1.45 bits per heavy atom. The van der Waals surface area contributed by atoms with Crippen LogP contribution < -0.4 is 5.32 Å². The van der Waals surface area contributed by atoms with E-state index in [1.165, 1.54) is 29.3 Å². The zero-order valence-corrected chi connectivity index (χ0v) is 13.7. The maximum absolute atomic E-state index is 4.63. The lowest BCUT2D eigenvalue weighted by Gasteiger charge is -2.38. The molecule has 0 spiro atoms. The van der Waals surface area contributed by atoms with Crippen LogP contribution in [-0.2, 0) is 12.8 Å². The van der Waals surface area contributed by atoms with Crippen molar-refractivity contribution in [2.75, 3.05) is 31.6 Å². The number of pyridine rings is 1. The minimum Gasteiger partial charge on any atom is -0.312 e. The lowest BCUT2D eigenvalue weighted by atomic mass is 10.0. The van der Waals surface area contributed by atoms with E-state index in [0.717, 1.165) is 19.4 Å². The maximum Gasteiger partial charge on any atom is 0.0419 e. The van der Waals surface area contributed by atoms with Gasteiger partial charge in [0.05, 0.1) is 0 Å². The van der Waals surface area contributed by atoms with E-state index in [2.05, 4.69) is 60.0 Å². The van der Waals surface area contributed by atoms with Crippen LogP contribution in [0.25, 0.3) is 0 Å². The van der Waals surface area contributed by atoms with Crippen molar-refractivity contribution in [1.82, 2.24) is 15.2 Å². The molecule has 0 radical (unpaired) electrons. The number of hydrogen-bond donors (Lipinski definition) is 1. The molecule has 1 aromatic rings. The fourth-order valence-corrected chi connectivity index (χ4v) is 4.06. The molecule has 0 amide bonds. The zero-order chi connectivity index (χ0) is 14.4. The first-order chi connectivity index (χ1) is 9.74. The average molecular weight is 293 g/mol. The van der Waals surface area contributed by atoms with Crippen molar-refractivity contribution in [3.05, 3.63) is 29.6 Å². The van der Waals surface area contributed by atoms with Crippen molar-refractivity contribution in [2.24, 2.45) is 0 Å². The van der Waals surface area contributed by atoms with Crippen LogP contribution in [0.4, 0.5) is 0 Å². The van der Waals surface area contributed by atoms with Gasteiger partial charge in [0.1, 0.15) is 0 Å². The standard InChI is InChI=1S/C16H27N3S/c1-4-13-6-7-14(18-11-13)10-15(17-5-2)16-12-20-9-8-19(16)3/h6-7,11,15-17H,4-5,8-10,12H2,1-3H3. The monoisotopic (exact) mass is 293 g/mol. The Balaban J connectivity index is 2.03. The van der Waals surface area contributed by atoms with Crippen molar-refractivity contribution in [3.63, 3.8) is 0 Å². The predicted molar refractivity (Wildman–Crippen MR) is 88.5 cm³/mol. The fraction of sp³-hybridized carbons (Fsp3) is 0.688. The van der Waals surface area contributed by atoms with Gasteiger partial charge in [-0.3, -0.25) is 4.98 Å². The van der Waals surface area contributed by atoms with Gasteiger partial charge >= 0.3 is 0 Å². The quantitative estimate of drug-likeness (QED) is 0.870. The summed E-state index contributed by atoms with van der Waals surface area (Å²) in [6.45, 7) is 6.58. The molecule has 1 N–H and O–H groups in total. The third kappa shape index (κ3) is 4.21. The van der Waals surface area contributed by atoms with Gasteiger partial charge in [0.2, 0.25) is 0 Å². The Hall–Kier alpha value is -0.580. The molecular weight excluding hydrogens is 266 g/mol. The van der Waals surface area contributed by atoms with Gasteiger partial charge < -0.3 is 10.2 Å². The smallest absolute Gasteiger partial charge is 0.0419 e. The summed E-state index contributed by atoms with van der Waals surface area (Å²) < 4.78 is 0. The molecule has 112 valence electrons. The van der Waals surface area contributed by atoms with Gasteiger partial charge in [0, 0.05) is 48.4 Å². The van der Waals surface area contributed by atoms with Crippen molar-refractivity contribution in [3.8, 4) is 0 Å². The van der Waals surface area contributed by atoms with Gasteiger partial charge in [-0.25, -0.2) is 0 Å². The van der Waals surface area contributed by atoms with Crippen molar-refractivity contribution in [2.45, 2.75) is 38.8 Å². The molecule has 0 bridgehead atoms. The summed E-state index contributed by atoms with van der Waals surface area (Å²) in [5.41, 5.74) is 2.52. The zero-order valence-electron chi connectivity index (χ0n) is 12.9. The van der Waals surface area contributed by atoms with Crippen LogP contribution in [0.3, 0.4) is 0 Å². The van der Waals surface area contributed by atoms with Crippen molar-refractivity contribution >= 4 is 11.8 Å². The molecule has 1 aliphatic rings. The first kappa shape index (κ1) is 15.8. The summed E-state index contributed by atoms with van der Waals surface area (Å²) in [6, 6.07) is 5.52. The Morgan fingerprint density at radius 2 is 2.30 bits per heavy atom. The van der Waals surface area contributed by atoms with Crippen LogP contribution in [0.5, 0.6) is 0 Å². The molecule has 1 aromatic heterocycles. The number of likely N-dealkylation sites (N-methyl/N-ethyl adjacent to an activating group) is 2. The molecule has 2 unspecified atom stereocenters. The highest BCUT2D eigenvalue weighted by atomic mass is 32.2. The van der Waals surface area contributed by atoms with Crippen LogP contribution in [0.2, 0.25) is 0 Å². The molecule has 1 saturated heterocycles. The SMILES string of the molecule is CCNC(Cc1ccc(CC)cn1)C1CSCCN1C. The van der Waals surface area contributed by atoms with E-state index >= 15 is 0 Å². The highest BCUT2D eigenvalue weighted by molar-refractivity contribution is 7.99. The summed E-state index contributed by atoms with van der Waals surface area (Å²) in [5.74, 6) is 2.48. The van der Waals surface area contributed by atoms with E-state index in [0.29, 0.717) is 12.1 Å². The number of hydrogen-bond acceptors (Lipinski definition) is 4. The minimum absolute atomic E-state index is 0.498. The topological polar surface area (TPSA) is 28.2 Å². The molecule has 0 saturated carbocycles. The van der Waals surface area contributed by atoms with Gasteiger partial charge in [-0.15, -0.1) is 0 Å². The number of rotatable bonds is 6. The number of nitrogens with zero attached hydrogens (tertiary/aromatic N) is 2. The lowest BCUT2D eigenvalue weighted by Crippen LogP contribution is -2.53. The van der Waals surface area contributed by atoms with E-state index in [1.807, 2.05) is 6.20 Å². The normalized spacial score (nSPS) is 21.9. The van der Waals surface area contributed by atoms with Crippen LogP contribution >= 0.6 is 11.8 Å². The molecule has 0 aromatic carbocycles. The van der Waals surface area contributed by atoms with Gasteiger partial charge in [-0.1, -0.05) is 19.9 Å². The van der Waals surface area contributed by atoms with Crippen LogP contribution in [0, 0.1) is 0 Å². The molecule has 2 heterocycles. The van der Waals surface area contributed by atoms with E-state index in [1.54, 1.807) is 0 Å².